The van der Waals surface area contributed by atoms with Crippen molar-refractivity contribution in [2.24, 2.45) is 5.92 Å². The van der Waals surface area contributed by atoms with Gasteiger partial charge < -0.3 is 10.2 Å². The van der Waals surface area contributed by atoms with Crippen molar-refractivity contribution in [1.29, 1.82) is 0 Å². The Hall–Kier alpha value is -3.20. The maximum Gasteiger partial charge on any atom is 0.269 e. The summed E-state index contributed by atoms with van der Waals surface area (Å²) in [7, 11) is -4.14. The number of rotatable bonds is 9. The summed E-state index contributed by atoms with van der Waals surface area (Å²) in [5, 5.41) is 2.87. The van der Waals surface area contributed by atoms with E-state index in [0.29, 0.717) is 17.3 Å². The first-order valence-corrected chi connectivity index (χ1v) is 12.8. The van der Waals surface area contributed by atoms with Gasteiger partial charge in [-0.05, 0) is 42.5 Å². The van der Waals surface area contributed by atoms with Crippen LogP contribution in [0.3, 0.4) is 0 Å². The second kappa shape index (κ2) is 10.4. The SMILES string of the molecule is CC[C@@H](C(=O)NCC(C)C)N(Cc1ccccc1C)C(=O)CN1C(=O)c2ccccc2S1(=O)=O. The number of fused-ring (bicyclic) bond motifs is 1. The molecular formula is C25H31N3O5S. The van der Waals surface area contributed by atoms with Crippen LogP contribution in [-0.2, 0) is 26.2 Å². The van der Waals surface area contributed by atoms with Crippen LogP contribution in [0.15, 0.2) is 53.4 Å². The van der Waals surface area contributed by atoms with Gasteiger partial charge >= 0.3 is 0 Å². The first kappa shape index (κ1) is 25.4. The quantitative estimate of drug-likeness (QED) is 0.588. The van der Waals surface area contributed by atoms with E-state index in [-0.39, 0.29) is 28.8 Å². The van der Waals surface area contributed by atoms with Crippen molar-refractivity contribution in [2.75, 3.05) is 13.1 Å². The lowest BCUT2D eigenvalue weighted by Gasteiger charge is -2.32. The molecule has 1 heterocycles. The number of carbonyl (C=O) groups is 3. The summed E-state index contributed by atoms with van der Waals surface area (Å²) in [6, 6.07) is 12.6. The van der Waals surface area contributed by atoms with Crippen LogP contribution in [-0.4, -0.2) is 54.5 Å². The third kappa shape index (κ3) is 5.14. The largest absolute Gasteiger partial charge is 0.354 e. The van der Waals surface area contributed by atoms with E-state index < -0.39 is 34.4 Å². The number of hydrogen-bond acceptors (Lipinski definition) is 5. The Balaban J connectivity index is 1.92. The van der Waals surface area contributed by atoms with Gasteiger partial charge in [0.15, 0.2) is 0 Å². The molecule has 0 fully saturated rings. The number of aryl methyl sites for hydroxylation is 1. The average Bonchev–Trinajstić information content (AvgIpc) is 2.99. The first-order chi connectivity index (χ1) is 16.1. The van der Waals surface area contributed by atoms with E-state index in [1.807, 2.05) is 45.0 Å². The third-order valence-corrected chi connectivity index (χ3v) is 7.65. The van der Waals surface area contributed by atoms with Crippen LogP contribution in [0, 0.1) is 12.8 Å². The van der Waals surface area contributed by atoms with Gasteiger partial charge in [0, 0.05) is 13.1 Å². The first-order valence-electron chi connectivity index (χ1n) is 11.4. The molecule has 8 nitrogen and oxygen atoms in total. The molecule has 0 radical (unpaired) electrons. The Morgan fingerprint density at radius 3 is 2.32 bits per heavy atom. The van der Waals surface area contributed by atoms with Crippen molar-refractivity contribution in [3.63, 3.8) is 0 Å². The minimum absolute atomic E-state index is 0.0440. The van der Waals surface area contributed by atoms with Crippen molar-refractivity contribution in [1.82, 2.24) is 14.5 Å². The van der Waals surface area contributed by atoms with Gasteiger partial charge in [-0.3, -0.25) is 14.4 Å². The van der Waals surface area contributed by atoms with E-state index in [1.165, 1.54) is 23.1 Å². The van der Waals surface area contributed by atoms with E-state index >= 15 is 0 Å². The van der Waals surface area contributed by atoms with E-state index in [1.54, 1.807) is 13.0 Å². The molecule has 34 heavy (non-hydrogen) atoms. The summed E-state index contributed by atoms with van der Waals surface area (Å²) in [6.45, 7) is 7.55. The van der Waals surface area contributed by atoms with Crippen molar-refractivity contribution < 1.29 is 22.8 Å². The highest BCUT2D eigenvalue weighted by Crippen LogP contribution is 2.30. The number of nitrogens with zero attached hydrogens (tertiary/aromatic N) is 2. The zero-order valence-corrected chi connectivity index (χ0v) is 20.8. The van der Waals surface area contributed by atoms with Crippen molar-refractivity contribution in [2.45, 2.75) is 51.6 Å². The smallest absolute Gasteiger partial charge is 0.269 e. The minimum atomic E-state index is -4.14. The highest BCUT2D eigenvalue weighted by molar-refractivity contribution is 7.90. The van der Waals surface area contributed by atoms with Gasteiger partial charge in [-0.25, -0.2) is 12.7 Å². The molecule has 182 valence electrons. The van der Waals surface area contributed by atoms with Gasteiger partial charge in [0.25, 0.3) is 15.9 Å². The molecule has 3 rings (SSSR count). The van der Waals surface area contributed by atoms with E-state index in [9.17, 15) is 22.8 Å². The molecule has 1 aliphatic rings. The van der Waals surface area contributed by atoms with Crippen LogP contribution in [0.5, 0.6) is 0 Å². The predicted octanol–water partition coefficient (Wildman–Crippen LogP) is 2.72. The molecule has 0 unspecified atom stereocenters. The lowest BCUT2D eigenvalue weighted by Crippen LogP contribution is -2.52. The molecule has 2 aromatic carbocycles. The second-order valence-electron chi connectivity index (χ2n) is 8.82. The van der Waals surface area contributed by atoms with Gasteiger partial charge in [-0.15, -0.1) is 0 Å². The molecule has 3 amide bonds. The average molecular weight is 486 g/mol. The highest BCUT2D eigenvalue weighted by atomic mass is 32.2. The minimum Gasteiger partial charge on any atom is -0.354 e. The molecular weight excluding hydrogens is 454 g/mol. The van der Waals surface area contributed by atoms with Gasteiger partial charge in [0.1, 0.15) is 17.5 Å². The number of sulfonamides is 1. The second-order valence-corrected chi connectivity index (χ2v) is 10.7. The molecule has 1 N–H and O–H groups in total. The fourth-order valence-electron chi connectivity index (χ4n) is 3.91. The standard InChI is InChI=1S/C25H31N3O5S/c1-5-21(24(30)26-14-17(2)3)27(15-19-11-7-6-10-18(19)4)23(29)16-28-25(31)20-12-8-9-13-22(20)34(28,32)33/h6-13,17,21H,5,14-16H2,1-4H3,(H,26,30)/t21-/m0/s1. The molecule has 0 saturated carbocycles. The van der Waals surface area contributed by atoms with Crippen LogP contribution in [0.2, 0.25) is 0 Å². The van der Waals surface area contributed by atoms with Crippen molar-refractivity contribution in [3.05, 3.63) is 65.2 Å². The van der Waals surface area contributed by atoms with Gasteiger partial charge in [0.05, 0.1) is 5.56 Å². The van der Waals surface area contributed by atoms with E-state index in [2.05, 4.69) is 5.32 Å². The summed E-state index contributed by atoms with van der Waals surface area (Å²) in [5.41, 5.74) is 1.82. The molecule has 1 aliphatic heterocycles. The zero-order valence-electron chi connectivity index (χ0n) is 19.9. The number of hydrogen-bond donors (Lipinski definition) is 1. The number of benzene rings is 2. The highest BCUT2D eigenvalue weighted by Gasteiger charge is 2.43. The lowest BCUT2D eigenvalue weighted by molar-refractivity contribution is -0.141. The van der Waals surface area contributed by atoms with E-state index in [4.69, 9.17) is 0 Å². The van der Waals surface area contributed by atoms with Gasteiger partial charge in [0.2, 0.25) is 11.8 Å². The van der Waals surface area contributed by atoms with Crippen LogP contribution in [0.4, 0.5) is 0 Å². The van der Waals surface area contributed by atoms with Gasteiger partial charge in [-0.2, -0.15) is 0 Å². The molecule has 0 aromatic heterocycles. The van der Waals surface area contributed by atoms with Crippen LogP contribution >= 0.6 is 0 Å². The zero-order chi connectivity index (χ0) is 25.0. The summed E-state index contributed by atoms with van der Waals surface area (Å²) in [4.78, 5) is 40.6. The summed E-state index contributed by atoms with van der Waals surface area (Å²) < 4.78 is 26.5. The number of carbonyl (C=O) groups excluding carboxylic acids is 3. The Kier molecular flexibility index (Phi) is 7.76. The summed E-state index contributed by atoms with van der Waals surface area (Å²) in [6.07, 6.45) is 0.336. The number of amides is 3. The Morgan fingerprint density at radius 2 is 1.71 bits per heavy atom. The molecule has 0 aliphatic carbocycles. The Labute approximate surface area is 201 Å². The van der Waals surface area contributed by atoms with Gasteiger partial charge in [-0.1, -0.05) is 57.2 Å². The molecule has 0 saturated heterocycles. The monoisotopic (exact) mass is 485 g/mol. The summed E-state index contributed by atoms with van der Waals surface area (Å²) >= 11 is 0. The lowest BCUT2D eigenvalue weighted by atomic mass is 10.1. The normalized spacial score (nSPS) is 15.2. The third-order valence-electron chi connectivity index (χ3n) is 5.86. The fourth-order valence-corrected chi connectivity index (χ4v) is 5.43. The maximum absolute atomic E-state index is 13.5. The molecule has 0 bridgehead atoms. The fraction of sp³-hybridized carbons (Fsp3) is 0.400. The predicted molar refractivity (Wildman–Crippen MR) is 128 cm³/mol. The molecule has 0 spiro atoms. The van der Waals surface area contributed by atoms with Crippen molar-refractivity contribution in [3.8, 4) is 0 Å². The maximum atomic E-state index is 13.5. The molecule has 2 aromatic rings. The van der Waals surface area contributed by atoms with Crippen LogP contribution < -0.4 is 5.32 Å². The van der Waals surface area contributed by atoms with Crippen molar-refractivity contribution >= 4 is 27.7 Å². The Bertz CT molecular complexity index is 1190. The van der Waals surface area contributed by atoms with Crippen LogP contribution in [0.25, 0.3) is 0 Å². The van der Waals surface area contributed by atoms with Crippen LogP contribution in [0.1, 0.15) is 48.7 Å². The number of nitrogens with one attached hydrogen (secondary N) is 1. The Morgan fingerprint density at radius 1 is 1.06 bits per heavy atom. The molecule has 9 heteroatoms. The molecule has 1 atom stereocenters. The van der Waals surface area contributed by atoms with E-state index in [0.717, 1.165) is 11.1 Å². The topological polar surface area (TPSA) is 104 Å². The summed E-state index contributed by atoms with van der Waals surface area (Å²) in [5.74, 6) is -1.43.